The smallest absolute Gasteiger partial charge is 0.337 e. The van der Waals surface area contributed by atoms with Gasteiger partial charge >= 0.3 is 5.97 Å². The fourth-order valence-electron chi connectivity index (χ4n) is 1.75. The number of benzene rings is 1. The molecule has 4 nitrogen and oxygen atoms in total. The number of aromatic carboxylic acids is 1. The molecule has 0 fully saturated rings. The van der Waals surface area contributed by atoms with Gasteiger partial charge in [-0.15, -0.1) is 0 Å². The van der Waals surface area contributed by atoms with Gasteiger partial charge in [0.2, 0.25) is 0 Å². The Labute approximate surface area is 112 Å². The van der Waals surface area contributed by atoms with Crippen LogP contribution < -0.4 is 5.32 Å². The van der Waals surface area contributed by atoms with Crippen LogP contribution >= 0.6 is 0 Å². The second-order valence-corrected chi connectivity index (χ2v) is 4.26. The molecule has 1 heterocycles. The van der Waals surface area contributed by atoms with Gasteiger partial charge in [0.05, 0.1) is 11.3 Å². The van der Waals surface area contributed by atoms with E-state index in [9.17, 15) is 4.79 Å². The molecule has 19 heavy (non-hydrogen) atoms. The van der Waals surface area contributed by atoms with Crippen molar-refractivity contribution in [3.63, 3.8) is 0 Å². The number of nitrogens with one attached hydrogen (secondary N) is 1. The highest BCUT2D eigenvalue weighted by Crippen LogP contribution is 2.01. The van der Waals surface area contributed by atoms with Crippen molar-refractivity contribution in [1.29, 1.82) is 0 Å². The summed E-state index contributed by atoms with van der Waals surface area (Å²) < 4.78 is 0. The van der Waals surface area contributed by atoms with Gasteiger partial charge in [0.15, 0.2) is 0 Å². The maximum absolute atomic E-state index is 10.7. The fourth-order valence-corrected chi connectivity index (χ4v) is 1.75. The molecule has 98 valence electrons. The van der Waals surface area contributed by atoms with Crippen molar-refractivity contribution in [2.24, 2.45) is 0 Å². The summed E-state index contributed by atoms with van der Waals surface area (Å²) in [6.45, 7) is 1.51. The predicted octanol–water partition coefficient (Wildman–Crippen LogP) is 2.11. The molecule has 2 N–H and O–H groups in total. The zero-order chi connectivity index (χ0) is 13.5. The van der Waals surface area contributed by atoms with Crippen LogP contribution in [0.3, 0.4) is 0 Å². The van der Waals surface area contributed by atoms with Crippen LogP contribution in [0.4, 0.5) is 0 Å². The van der Waals surface area contributed by atoms with Gasteiger partial charge in [-0.25, -0.2) is 4.79 Å². The highest BCUT2D eigenvalue weighted by atomic mass is 16.4. The van der Waals surface area contributed by atoms with Gasteiger partial charge in [-0.05, 0) is 30.7 Å². The van der Waals surface area contributed by atoms with E-state index in [0.29, 0.717) is 6.54 Å². The van der Waals surface area contributed by atoms with E-state index in [1.54, 1.807) is 12.1 Å². The Hall–Kier alpha value is -2.20. The minimum absolute atomic E-state index is 0.216. The molecule has 2 rings (SSSR count). The third-order valence-corrected chi connectivity index (χ3v) is 2.81. The van der Waals surface area contributed by atoms with Crippen LogP contribution in [0.25, 0.3) is 0 Å². The molecule has 0 atom stereocenters. The lowest BCUT2D eigenvalue weighted by Gasteiger charge is -2.05. The SMILES string of the molecule is O=C(O)c1ccc(CNCCc2ccccc2)nc1. The van der Waals surface area contributed by atoms with Crippen molar-refractivity contribution in [2.45, 2.75) is 13.0 Å². The number of aromatic nitrogens is 1. The first-order valence-corrected chi connectivity index (χ1v) is 6.18. The van der Waals surface area contributed by atoms with Gasteiger partial charge < -0.3 is 10.4 Å². The van der Waals surface area contributed by atoms with Gasteiger partial charge in [0, 0.05) is 12.7 Å². The Morgan fingerprint density at radius 2 is 1.95 bits per heavy atom. The maximum Gasteiger partial charge on any atom is 0.337 e. The first kappa shape index (κ1) is 13.2. The molecule has 4 heteroatoms. The summed E-state index contributed by atoms with van der Waals surface area (Å²) in [4.78, 5) is 14.8. The molecule has 0 bridgehead atoms. The van der Waals surface area contributed by atoms with E-state index < -0.39 is 5.97 Å². The van der Waals surface area contributed by atoms with Crippen molar-refractivity contribution < 1.29 is 9.90 Å². The standard InChI is InChI=1S/C15H16N2O2/c18-15(19)13-6-7-14(17-10-13)11-16-9-8-12-4-2-1-3-5-12/h1-7,10,16H,8-9,11H2,(H,18,19). The molecule has 0 radical (unpaired) electrons. The van der Waals surface area contributed by atoms with Crippen LogP contribution in [0.2, 0.25) is 0 Å². The van der Waals surface area contributed by atoms with Gasteiger partial charge in [0.1, 0.15) is 0 Å². The topological polar surface area (TPSA) is 62.2 Å². The molecule has 0 saturated carbocycles. The van der Waals surface area contributed by atoms with Crippen molar-refractivity contribution >= 4 is 5.97 Å². The highest BCUT2D eigenvalue weighted by molar-refractivity contribution is 5.87. The summed E-state index contributed by atoms with van der Waals surface area (Å²) in [5, 5.41) is 12.0. The molecule has 0 aliphatic carbocycles. The molecule has 0 aliphatic rings. The zero-order valence-corrected chi connectivity index (χ0v) is 10.5. The second kappa shape index (κ2) is 6.66. The van der Waals surface area contributed by atoms with E-state index in [1.807, 2.05) is 18.2 Å². The largest absolute Gasteiger partial charge is 0.478 e. The first-order chi connectivity index (χ1) is 9.25. The average Bonchev–Trinajstić information content (AvgIpc) is 2.45. The van der Waals surface area contributed by atoms with Crippen LogP contribution in [0.5, 0.6) is 0 Å². The van der Waals surface area contributed by atoms with Crippen molar-refractivity contribution in [3.05, 3.63) is 65.5 Å². The molecular formula is C15H16N2O2. The Morgan fingerprint density at radius 1 is 1.16 bits per heavy atom. The summed E-state index contributed by atoms with van der Waals surface area (Å²) in [5.74, 6) is -0.948. The molecule has 0 saturated heterocycles. The van der Waals surface area contributed by atoms with Crippen molar-refractivity contribution in [1.82, 2.24) is 10.3 Å². The van der Waals surface area contributed by atoms with Gasteiger partial charge in [0.25, 0.3) is 0 Å². The van der Waals surface area contributed by atoms with Crippen LogP contribution in [-0.4, -0.2) is 22.6 Å². The molecule has 2 aromatic rings. The Bertz CT molecular complexity index is 524. The molecule has 0 aliphatic heterocycles. The predicted molar refractivity (Wildman–Crippen MR) is 73.0 cm³/mol. The second-order valence-electron chi connectivity index (χ2n) is 4.26. The molecule has 1 aromatic carbocycles. The van der Waals surface area contributed by atoms with E-state index in [2.05, 4.69) is 22.4 Å². The number of pyridine rings is 1. The lowest BCUT2D eigenvalue weighted by Crippen LogP contribution is -2.17. The molecule has 0 unspecified atom stereocenters. The summed E-state index contributed by atoms with van der Waals surface area (Å²) >= 11 is 0. The number of carboxylic acids is 1. The molecule has 0 spiro atoms. The van der Waals surface area contributed by atoms with E-state index in [4.69, 9.17) is 5.11 Å². The number of hydrogen-bond donors (Lipinski definition) is 2. The third-order valence-electron chi connectivity index (χ3n) is 2.81. The third kappa shape index (κ3) is 4.19. The minimum Gasteiger partial charge on any atom is -0.478 e. The van der Waals surface area contributed by atoms with Gasteiger partial charge in [-0.3, -0.25) is 4.98 Å². The normalized spacial score (nSPS) is 10.3. The van der Waals surface area contributed by atoms with Crippen LogP contribution in [0, 0.1) is 0 Å². The van der Waals surface area contributed by atoms with Gasteiger partial charge in [-0.2, -0.15) is 0 Å². The Balaban J connectivity index is 1.75. The molecular weight excluding hydrogens is 240 g/mol. The van der Waals surface area contributed by atoms with Crippen LogP contribution in [0.15, 0.2) is 48.7 Å². The number of nitrogens with zero attached hydrogens (tertiary/aromatic N) is 1. The molecule has 0 amide bonds. The van der Waals surface area contributed by atoms with E-state index in [-0.39, 0.29) is 5.56 Å². The van der Waals surface area contributed by atoms with Crippen LogP contribution in [0.1, 0.15) is 21.6 Å². The summed E-state index contributed by atoms with van der Waals surface area (Å²) in [5.41, 5.74) is 2.36. The summed E-state index contributed by atoms with van der Waals surface area (Å²) in [6, 6.07) is 13.6. The van der Waals surface area contributed by atoms with Crippen molar-refractivity contribution in [3.8, 4) is 0 Å². The van der Waals surface area contributed by atoms with Crippen LogP contribution in [-0.2, 0) is 13.0 Å². The van der Waals surface area contributed by atoms with Crippen molar-refractivity contribution in [2.75, 3.05) is 6.54 Å². The van der Waals surface area contributed by atoms with E-state index in [0.717, 1.165) is 18.7 Å². The lowest BCUT2D eigenvalue weighted by molar-refractivity contribution is 0.0696. The Kier molecular flexibility index (Phi) is 4.64. The zero-order valence-electron chi connectivity index (χ0n) is 10.5. The number of hydrogen-bond acceptors (Lipinski definition) is 3. The number of rotatable bonds is 6. The first-order valence-electron chi connectivity index (χ1n) is 6.18. The fraction of sp³-hybridized carbons (Fsp3) is 0.200. The molecule has 1 aromatic heterocycles. The number of carbonyl (C=O) groups is 1. The Morgan fingerprint density at radius 3 is 2.58 bits per heavy atom. The maximum atomic E-state index is 10.7. The summed E-state index contributed by atoms with van der Waals surface area (Å²) in [6.07, 6.45) is 2.35. The number of carboxylic acid groups (broad SMARTS) is 1. The average molecular weight is 256 g/mol. The highest BCUT2D eigenvalue weighted by Gasteiger charge is 2.02. The monoisotopic (exact) mass is 256 g/mol. The lowest BCUT2D eigenvalue weighted by atomic mass is 10.1. The van der Waals surface area contributed by atoms with E-state index >= 15 is 0 Å². The quantitative estimate of drug-likeness (QED) is 0.777. The van der Waals surface area contributed by atoms with E-state index in [1.165, 1.54) is 11.8 Å². The minimum atomic E-state index is -0.948. The van der Waals surface area contributed by atoms with Gasteiger partial charge in [-0.1, -0.05) is 30.3 Å². The summed E-state index contributed by atoms with van der Waals surface area (Å²) in [7, 11) is 0.